The molecule has 0 amide bonds. The summed E-state index contributed by atoms with van der Waals surface area (Å²) in [7, 11) is 0. The highest BCUT2D eigenvalue weighted by molar-refractivity contribution is 4.99. The molecule has 0 aliphatic rings. The van der Waals surface area contributed by atoms with E-state index in [1.54, 1.807) is 0 Å². The summed E-state index contributed by atoms with van der Waals surface area (Å²) >= 11 is 0. The fraction of sp³-hybridized carbons (Fsp3) is 0.750. The zero-order valence-corrected chi connectivity index (χ0v) is 8.07. The fourth-order valence-electron chi connectivity index (χ4n) is 0.813. The van der Waals surface area contributed by atoms with Gasteiger partial charge < -0.3 is 5.73 Å². The molecule has 0 bridgehead atoms. The van der Waals surface area contributed by atoms with Crippen molar-refractivity contribution in [3.63, 3.8) is 0 Å². The minimum atomic E-state index is -0.0406. The highest BCUT2D eigenvalue weighted by Gasteiger charge is 2.15. The van der Waals surface area contributed by atoms with Gasteiger partial charge in [-0.25, -0.2) is 4.68 Å². The van der Waals surface area contributed by atoms with Crippen LogP contribution in [0, 0.1) is 0 Å². The van der Waals surface area contributed by atoms with Crippen molar-refractivity contribution in [2.75, 3.05) is 0 Å². The number of nitrogens with zero attached hydrogens (tertiary/aromatic N) is 3. The van der Waals surface area contributed by atoms with Gasteiger partial charge in [-0.1, -0.05) is 5.21 Å². The molecule has 1 aromatic rings. The number of rotatable bonds is 1. The van der Waals surface area contributed by atoms with Crippen molar-refractivity contribution in [1.82, 2.24) is 15.0 Å². The molecule has 0 radical (unpaired) electrons. The molecule has 12 heavy (non-hydrogen) atoms. The summed E-state index contributed by atoms with van der Waals surface area (Å²) in [6, 6.07) is -0.0406. The quantitative estimate of drug-likeness (QED) is 0.682. The molecular formula is C8H16N4. The Hall–Kier alpha value is -0.900. The lowest BCUT2D eigenvalue weighted by molar-refractivity contribution is 0.347. The van der Waals surface area contributed by atoms with Crippen molar-refractivity contribution in [2.24, 2.45) is 5.73 Å². The number of hydrogen-bond donors (Lipinski definition) is 1. The lowest BCUT2D eigenvalue weighted by Gasteiger charge is -2.17. The van der Waals surface area contributed by atoms with Crippen LogP contribution >= 0.6 is 0 Å². The molecule has 1 atom stereocenters. The van der Waals surface area contributed by atoms with E-state index in [9.17, 15) is 0 Å². The third-order valence-electron chi connectivity index (χ3n) is 1.66. The first-order chi connectivity index (χ1) is 5.41. The Kier molecular flexibility index (Phi) is 2.19. The molecule has 0 aromatic carbocycles. The summed E-state index contributed by atoms with van der Waals surface area (Å²) in [5, 5.41) is 7.97. The molecule has 68 valence electrons. The lowest BCUT2D eigenvalue weighted by Crippen LogP contribution is -2.22. The van der Waals surface area contributed by atoms with Gasteiger partial charge in [-0.15, -0.1) is 5.10 Å². The third-order valence-corrected chi connectivity index (χ3v) is 1.66. The molecule has 0 saturated heterocycles. The van der Waals surface area contributed by atoms with E-state index in [2.05, 4.69) is 31.1 Å². The summed E-state index contributed by atoms with van der Waals surface area (Å²) in [5.41, 5.74) is 6.48. The van der Waals surface area contributed by atoms with Crippen molar-refractivity contribution in [2.45, 2.75) is 39.3 Å². The fourth-order valence-corrected chi connectivity index (χ4v) is 0.813. The van der Waals surface area contributed by atoms with Crippen molar-refractivity contribution in [3.05, 3.63) is 11.9 Å². The lowest BCUT2D eigenvalue weighted by atomic mass is 10.1. The molecule has 1 heterocycles. The van der Waals surface area contributed by atoms with Crippen LogP contribution in [0.5, 0.6) is 0 Å². The second-order valence-electron chi connectivity index (χ2n) is 4.05. The molecule has 0 aliphatic heterocycles. The Bertz CT molecular complexity index is 256. The first-order valence-corrected chi connectivity index (χ1v) is 4.09. The van der Waals surface area contributed by atoms with Crippen molar-refractivity contribution in [1.29, 1.82) is 0 Å². The molecule has 1 rings (SSSR count). The van der Waals surface area contributed by atoms with Crippen LogP contribution in [0.4, 0.5) is 0 Å². The highest BCUT2D eigenvalue weighted by atomic mass is 15.4. The van der Waals surface area contributed by atoms with Gasteiger partial charge in [-0.3, -0.25) is 0 Å². The predicted octanol–water partition coefficient (Wildman–Crippen LogP) is 1.05. The van der Waals surface area contributed by atoms with E-state index in [4.69, 9.17) is 5.73 Å². The van der Waals surface area contributed by atoms with Crippen molar-refractivity contribution < 1.29 is 0 Å². The summed E-state index contributed by atoms with van der Waals surface area (Å²) < 4.78 is 1.83. The molecule has 2 N–H and O–H groups in total. The molecule has 1 unspecified atom stereocenters. The summed E-state index contributed by atoms with van der Waals surface area (Å²) in [4.78, 5) is 0. The standard InChI is InChI=1S/C8H16N4/c1-6(9)7-5-12(11-10-7)8(2,3)4/h5-6H,9H2,1-4H3. The second kappa shape index (κ2) is 2.86. The Balaban J connectivity index is 2.92. The monoisotopic (exact) mass is 168 g/mol. The van der Waals surface area contributed by atoms with Crippen LogP contribution in [-0.4, -0.2) is 15.0 Å². The number of aromatic nitrogens is 3. The number of hydrogen-bond acceptors (Lipinski definition) is 3. The number of nitrogens with two attached hydrogens (primary N) is 1. The van der Waals surface area contributed by atoms with Crippen LogP contribution in [0.2, 0.25) is 0 Å². The molecular weight excluding hydrogens is 152 g/mol. The largest absolute Gasteiger partial charge is 0.323 e. The predicted molar refractivity (Wildman–Crippen MR) is 47.6 cm³/mol. The van der Waals surface area contributed by atoms with E-state index in [0.29, 0.717) is 0 Å². The Morgan fingerprint density at radius 1 is 1.50 bits per heavy atom. The van der Waals surface area contributed by atoms with Crippen LogP contribution in [-0.2, 0) is 5.54 Å². The molecule has 0 fully saturated rings. The topological polar surface area (TPSA) is 56.7 Å². The van der Waals surface area contributed by atoms with Crippen molar-refractivity contribution >= 4 is 0 Å². The summed E-state index contributed by atoms with van der Waals surface area (Å²) in [6.45, 7) is 8.13. The minimum absolute atomic E-state index is 0.0137. The van der Waals surface area contributed by atoms with Crippen LogP contribution in [0.15, 0.2) is 6.20 Å². The zero-order chi connectivity index (χ0) is 9.35. The smallest absolute Gasteiger partial charge is 0.0991 e. The van der Waals surface area contributed by atoms with Gasteiger partial charge in [0.2, 0.25) is 0 Å². The Labute approximate surface area is 72.8 Å². The van der Waals surface area contributed by atoms with E-state index in [1.165, 1.54) is 0 Å². The summed E-state index contributed by atoms with van der Waals surface area (Å²) in [6.07, 6.45) is 1.89. The van der Waals surface area contributed by atoms with E-state index in [1.807, 2.05) is 17.8 Å². The van der Waals surface area contributed by atoms with Gasteiger partial charge in [0.15, 0.2) is 0 Å². The summed E-state index contributed by atoms with van der Waals surface area (Å²) in [5.74, 6) is 0. The maximum Gasteiger partial charge on any atom is 0.0991 e. The van der Waals surface area contributed by atoms with Gasteiger partial charge in [-0.2, -0.15) is 0 Å². The molecule has 4 nitrogen and oxygen atoms in total. The van der Waals surface area contributed by atoms with Gasteiger partial charge in [0, 0.05) is 6.04 Å². The first-order valence-electron chi connectivity index (χ1n) is 4.09. The van der Waals surface area contributed by atoms with Crippen LogP contribution in [0.25, 0.3) is 0 Å². The van der Waals surface area contributed by atoms with E-state index in [0.717, 1.165) is 5.69 Å². The molecule has 0 saturated carbocycles. The van der Waals surface area contributed by atoms with Crippen molar-refractivity contribution in [3.8, 4) is 0 Å². The molecule has 4 heteroatoms. The Morgan fingerprint density at radius 3 is 2.33 bits per heavy atom. The van der Waals surface area contributed by atoms with Gasteiger partial charge in [0.1, 0.15) is 0 Å². The highest BCUT2D eigenvalue weighted by Crippen LogP contribution is 2.13. The normalized spacial score (nSPS) is 14.8. The van der Waals surface area contributed by atoms with Gasteiger partial charge in [-0.05, 0) is 27.7 Å². The Morgan fingerprint density at radius 2 is 2.08 bits per heavy atom. The van der Waals surface area contributed by atoms with Crippen LogP contribution in [0.1, 0.15) is 39.4 Å². The first kappa shape index (κ1) is 9.19. The van der Waals surface area contributed by atoms with E-state index < -0.39 is 0 Å². The second-order valence-corrected chi connectivity index (χ2v) is 4.05. The average molecular weight is 168 g/mol. The van der Waals surface area contributed by atoms with Crippen LogP contribution < -0.4 is 5.73 Å². The molecule has 0 spiro atoms. The van der Waals surface area contributed by atoms with Gasteiger partial charge >= 0.3 is 0 Å². The minimum Gasteiger partial charge on any atom is -0.323 e. The molecule has 1 aromatic heterocycles. The van der Waals surface area contributed by atoms with Crippen LogP contribution in [0.3, 0.4) is 0 Å². The average Bonchev–Trinajstić information content (AvgIpc) is 2.30. The molecule has 0 aliphatic carbocycles. The third kappa shape index (κ3) is 1.82. The maximum absolute atomic E-state index is 5.65. The van der Waals surface area contributed by atoms with E-state index in [-0.39, 0.29) is 11.6 Å². The van der Waals surface area contributed by atoms with E-state index >= 15 is 0 Å². The zero-order valence-electron chi connectivity index (χ0n) is 8.07. The van der Waals surface area contributed by atoms with Gasteiger partial charge in [0.05, 0.1) is 17.4 Å². The maximum atomic E-state index is 5.65. The van der Waals surface area contributed by atoms with Gasteiger partial charge in [0.25, 0.3) is 0 Å². The SMILES string of the molecule is CC(N)c1cn(C(C)(C)C)nn1.